The van der Waals surface area contributed by atoms with Gasteiger partial charge in [-0.1, -0.05) is 24.7 Å². The number of piperidine rings is 1. The number of rotatable bonds is 8. The molecule has 4 saturated carbocycles. The Morgan fingerprint density at radius 2 is 1.76 bits per heavy atom. The highest BCUT2D eigenvalue weighted by molar-refractivity contribution is 6.02. The highest BCUT2D eigenvalue weighted by Crippen LogP contribution is 2.57. The number of furan rings is 1. The van der Waals surface area contributed by atoms with Crippen molar-refractivity contribution >= 4 is 22.8 Å². The summed E-state index contributed by atoms with van der Waals surface area (Å²) in [7, 11) is 2.40. The predicted molar refractivity (Wildman–Crippen MR) is 145 cm³/mol. The van der Waals surface area contributed by atoms with Crippen LogP contribution in [0.25, 0.3) is 11.0 Å². The molecule has 1 atom stereocenters. The lowest BCUT2D eigenvalue weighted by molar-refractivity contribution is -0.134. The molecule has 196 valence electrons. The Morgan fingerprint density at radius 3 is 2.49 bits per heavy atom. The quantitative estimate of drug-likeness (QED) is 0.268. The van der Waals surface area contributed by atoms with E-state index < -0.39 is 0 Å². The summed E-state index contributed by atoms with van der Waals surface area (Å²) < 4.78 is 5.68. The van der Waals surface area contributed by atoms with Gasteiger partial charge in [-0.25, -0.2) is 0 Å². The molecule has 0 radical (unpaired) electrons. The number of hydrogen-bond donors (Lipinski definition) is 1. The van der Waals surface area contributed by atoms with Gasteiger partial charge in [0.25, 0.3) is 0 Å². The number of fused-ring (bicyclic) bond motifs is 1. The summed E-state index contributed by atoms with van der Waals surface area (Å²) in [6.45, 7) is 1.25. The molecule has 4 aliphatic carbocycles. The van der Waals surface area contributed by atoms with E-state index in [0.717, 1.165) is 52.7 Å². The number of nitrogens with one attached hydrogen (secondary N) is 1. The van der Waals surface area contributed by atoms with Crippen LogP contribution in [0.3, 0.4) is 0 Å². The Balaban J connectivity index is 0.955. The molecular weight excluding hydrogens is 460 g/mol. The van der Waals surface area contributed by atoms with Crippen LogP contribution in [-0.4, -0.2) is 35.8 Å². The van der Waals surface area contributed by atoms with E-state index in [1.807, 2.05) is 18.2 Å². The molecule has 1 aromatic heterocycles. The zero-order valence-corrected chi connectivity index (χ0v) is 22.2. The molecule has 1 unspecified atom stereocenters. The number of imide groups is 1. The SMILES string of the molecule is CN(CCCCCCC#Cc1ccc2occ(C3CCC(=O)NC3=O)c2c1)C12CC3CC(CC(C3)C1)C2. The number of benzene rings is 1. The van der Waals surface area contributed by atoms with Crippen molar-refractivity contribution in [2.75, 3.05) is 13.6 Å². The van der Waals surface area contributed by atoms with Gasteiger partial charge in [-0.05, 0) is 107 Å². The molecule has 2 heterocycles. The number of unbranched alkanes of at least 4 members (excludes halogenated alkanes) is 4. The van der Waals surface area contributed by atoms with Gasteiger partial charge >= 0.3 is 0 Å². The number of carbonyl (C=O) groups is 2. The summed E-state index contributed by atoms with van der Waals surface area (Å²) in [4.78, 5) is 26.6. The standard InChI is InChI=1S/C32H40N2O3/c1-34(32-18-23-14-24(19-32)16-25(15-23)20-32)13-7-5-3-2-4-6-8-22-9-11-29-27(17-22)28(21-37-29)26-10-12-30(35)33-31(26)36/h9,11,17,21,23-26H,2-5,7,10,12-16,18-20H2,1H3,(H,33,35,36). The topological polar surface area (TPSA) is 62.6 Å². The Kier molecular flexibility index (Phi) is 6.88. The molecule has 1 aromatic carbocycles. The maximum atomic E-state index is 12.3. The summed E-state index contributed by atoms with van der Waals surface area (Å²) in [6, 6.07) is 5.92. The van der Waals surface area contributed by atoms with Crippen molar-refractivity contribution in [2.45, 2.75) is 94.9 Å². The lowest BCUT2D eigenvalue weighted by atomic mass is 9.52. The fourth-order valence-electron chi connectivity index (χ4n) is 8.24. The van der Waals surface area contributed by atoms with Crippen LogP contribution in [0.5, 0.6) is 0 Å². The molecule has 37 heavy (non-hydrogen) atoms. The van der Waals surface area contributed by atoms with Gasteiger partial charge in [0, 0.05) is 34.9 Å². The van der Waals surface area contributed by atoms with E-state index in [1.54, 1.807) is 6.26 Å². The average Bonchev–Trinajstić information content (AvgIpc) is 3.28. The van der Waals surface area contributed by atoms with Crippen molar-refractivity contribution < 1.29 is 14.0 Å². The Bertz CT molecular complexity index is 1200. The molecule has 2 aromatic rings. The van der Waals surface area contributed by atoms with Crippen molar-refractivity contribution in [3.8, 4) is 11.8 Å². The van der Waals surface area contributed by atoms with E-state index in [9.17, 15) is 9.59 Å². The van der Waals surface area contributed by atoms with Crippen LogP contribution >= 0.6 is 0 Å². The lowest BCUT2D eigenvalue weighted by Gasteiger charge is -2.60. The number of hydrogen-bond acceptors (Lipinski definition) is 4. The summed E-state index contributed by atoms with van der Waals surface area (Å²) >= 11 is 0. The van der Waals surface area contributed by atoms with Gasteiger partial charge in [-0.3, -0.25) is 14.9 Å². The maximum absolute atomic E-state index is 12.3. The van der Waals surface area contributed by atoms with Crippen molar-refractivity contribution in [2.24, 2.45) is 17.8 Å². The first-order valence-electron chi connectivity index (χ1n) is 14.5. The molecule has 5 nitrogen and oxygen atoms in total. The monoisotopic (exact) mass is 500 g/mol. The van der Waals surface area contributed by atoms with E-state index >= 15 is 0 Å². The Labute approximate surface area is 220 Å². The van der Waals surface area contributed by atoms with Crippen molar-refractivity contribution in [1.29, 1.82) is 0 Å². The largest absolute Gasteiger partial charge is 0.464 e. The van der Waals surface area contributed by atoms with Gasteiger partial charge in [0.1, 0.15) is 5.58 Å². The van der Waals surface area contributed by atoms with E-state index in [2.05, 4.69) is 29.1 Å². The molecule has 1 saturated heterocycles. The van der Waals surface area contributed by atoms with Crippen LogP contribution in [0.2, 0.25) is 0 Å². The third-order valence-corrected chi connectivity index (χ3v) is 9.81. The molecule has 2 amide bonds. The van der Waals surface area contributed by atoms with Gasteiger partial charge < -0.3 is 9.32 Å². The van der Waals surface area contributed by atoms with Crippen LogP contribution in [0.4, 0.5) is 0 Å². The average molecular weight is 501 g/mol. The normalized spacial score (nSPS) is 30.5. The minimum atomic E-state index is -0.343. The van der Waals surface area contributed by atoms with Gasteiger partial charge in [0.2, 0.25) is 11.8 Å². The minimum Gasteiger partial charge on any atom is -0.464 e. The van der Waals surface area contributed by atoms with Crippen LogP contribution in [-0.2, 0) is 9.59 Å². The van der Waals surface area contributed by atoms with Gasteiger partial charge in [0.05, 0.1) is 12.2 Å². The fourth-order valence-corrected chi connectivity index (χ4v) is 8.24. The Hall–Kier alpha value is -2.58. The molecule has 0 spiro atoms. The zero-order chi connectivity index (χ0) is 25.4. The molecular formula is C32H40N2O3. The van der Waals surface area contributed by atoms with E-state index in [0.29, 0.717) is 18.4 Å². The van der Waals surface area contributed by atoms with Crippen molar-refractivity contribution in [3.63, 3.8) is 0 Å². The second-order valence-corrected chi connectivity index (χ2v) is 12.4. The second kappa shape index (κ2) is 10.3. The molecule has 4 bridgehead atoms. The van der Waals surface area contributed by atoms with E-state index in [1.165, 1.54) is 64.3 Å². The number of nitrogens with zero attached hydrogens (tertiary/aromatic N) is 1. The second-order valence-electron chi connectivity index (χ2n) is 12.4. The third kappa shape index (κ3) is 5.10. The number of carbonyl (C=O) groups excluding carboxylic acids is 2. The maximum Gasteiger partial charge on any atom is 0.234 e. The van der Waals surface area contributed by atoms with Crippen molar-refractivity contribution in [3.05, 3.63) is 35.6 Å². The molecule has 1 N–H and O–H groups in total. The summed E-state index contributed by atoms with van der Waals surface area (Å²) in [5, 5.41) is 3.37. The van der Waals surface area contributed by atoms with Gasteiger partial charge in [-0.15, -0.1) is 0 Å². The predicted octanol–water partition coefficient (Wildman–Crippen LogP) is 6.16. The van der Waals surface area contributed by atoms with Gasteiger partial charge in [-0.2, -0.15) is 0 Å². The molecule has 1 aliphatic heterocycles. The summed E-state index contributed by atoms with van der Waals surface area (Å²) in [5.74, 6) is 8.93. The highest BCUT2D eigenvalue weighted by atomic mass is 16.3. The molecule has 7 rings (SSSR count). The van der Waals surface area contributed by atoms with Gasteiger partial charge in [0.15, 0.2) is 0 Å². The first-order chi connectivity index (χ1) is 18.0. The first-order valence-corrected chi connectivity index (χ1v) is 14.5. The smallest absolute Gasteiger partial charge is 0.234 e. The first kappa shape index (κ1) is 24.7. The van der Waals surface area contributed by atoms with E-state index in [4.69, 9.17) is 4.42 Å². The molecule has 5 aliphatic rings. The van der Waals surface area contributed by atoms with Crippen LogP contribution in [0.1, 0.15) is 101 Å². The third-order valence-electron chi connectivity index (χ3n) is 9.81. The van der Waals surface area contributed by atoms with E-state index in [-0.39, 0.29) is 17.7 Å². The van der Waals surface area contributed by atoms with Crippen LogP contribution in [0, 0.1) is 29.6 Å². The Morgan fingerprint density at radius 1 is 1.03 bits per heavy atom. The van der Waals surface area contributed by atoms with Crippen LogP contribution < -0.4 is 5.32 Å². The lowest BCUT2D eigenvalue weighted by Crippen LogP contribution is -2.58. The fraction of sp³-hybridized carbons (Fsp3) is 0.625. The highest BCUT2D eigenvalue weighted by Gasteiger charge is 2.52. The number of amides is 2. The zero-order valence-electron chi connectivity index (χ0n) is 22.2. The molecule has 5 heteroatoms. The molecule has 5 fully saturated rings. The van der Waals surface area contributed by atoms with Crippen LogP contribution in [0.15, 0.2) is 28.9 Å². The summed E-state index contributed by atoms with van der Waals surface area (Å²) in [6.07, 6.45) is 17.4. The van der Waals surface area contributed by atoms with Crippen molar-refractivity contribution in [1.82, 2.24) is 10.2 Å². The summed E-state index contributed by atoms with van der Waals surface area (Å²) in [5.41, 5.74) is 3.08. The minimum absolute atomic E-state index is 0.199.